The van der Waals surface area contributed by atoms with E-state index >= 15 is 0 Å². The van der Waals surface area contributed by atoms with Gasteiger partial charge in [-0.15, -0.1) is 11.3 Å². The van der Waals surface area contributed by atoms with Crippen LogP contribution < -0.4 is 5.32 Å². The lowest BCUT2D eigenvalue weighted by atomic mass is 10.2. The van der Waals surface area contributed by atoms with E-state index in [-0.39, 0.29) is 23.8 Å². The van der Waals surface area contributed by atoms with E-state index in [9.17, 15) is 13.2 Å². The normalized spacial score (nSPS) is 11.8. The molecular formula is C21H20N4O3S2. The van der Waals surface area contributed by atoms with E-state index in [4.69, 9.17) is 0 Å². The number of aromatic nitrogens is 2. The Morgan fingerprint density at radius 3 is 2.57 bits per heavy atom. The largest absolute Gasteiger partial charge is 0.326 e. The predicted octanol–water partition coefficient (Wildman–Crippen LogP) is 3.40. The molecule has 0 spiro atoms. The van der Waals surface area contributed by atoms with Gasteiger partial charge in [0.05, 0.1) is 17.0 Å². The van der Waals surface area contributed by atoms with Crippen LogP contribution in [0.15, 0.2) is 77.3 Å². The zero-order valence-corrected chi connectivity index (χ0v) is 17.9. The average molecular weight is 441 g/mol. The molecule has 2 heterocycles. The molecule has 7 nitrogen and oxygen atoms in total. The second-order valence-corrected chi connectivity index (χ2v) is 9.74. The maximum absolute atomic E-state index is 12.8. The van der Waals surface area contributed by atoms with Crippen molar-refractivity contribution in [3.8, 4) is 0 Å². The minimum atomic E-state index is -3.63. The Kier molecular flexibility index (Phi) is 5.67. The standard InChI is InChI=1S/C21H20N4O3S2/c1-24(14-16-5-3-2-4-6-16)30(27,28)19-9-7-17(8-10-19)22-20(26)13-18-15-25-11-12-29-21(25)23-18/h2-12,15H,13-14H2,1H3,(H,22,26). The Labute approximate surface area is 178 Å². The monoisotopic (exact) mass is 440 g/mol. The highest BCUT2D eigenvalue weighted by Crippen LogP contribution is 2.19. The van der Waals surface area contributed by atoms with Crippen molar-refractivity contribution in [2.75, 3.05) is 12.4 Å². The van der Waals surface area contributed by atoms with Crippen LogP contribution in [0.5, 0.6) is 0 Å². The van der Waals surface area contributed by atoms with Crippen LogP contribution in [0.25, 0.3) is 4.96 Å². The van der Waals surface area contributed by atoms with Gasteiger partial charge in [0, 0.05) is 37.1 Å². The van der Waals surface area contributed by atoms with Crippen molar-refractivity contribution >= 4 is 37.9 Å². The van der Waals surface area contributed by atoms with Crippen LogP contribution in [-0.2, 0) is 27.8 Å². The molecule has 2 aromatic heterocycles. The molecule has 4 aromatic rings. The number of fused-ring (bicyclic) bond motifs is 1. The highest BCUT2D eigenvalue weighted by molar-refractivity contribution is 7.89. The fraction of sp³-hybridized carbons (Fsp3) is 0.143. The maximum atomic E-state index is 12.8. The summed E-state index contributed by atoms with van der Waals surface area (Å²) in [7, 11) is -2.08. The predicted molar refractivity (Wildman–Crippen MR) is 117 cm³/mol. The van der Waals surface area contributed by atoms with E-state index < -0.39 is 10.0 Å². The van der Waals surface area contributed by atoms with Crippen LogP contribution in [0, 0.1) is 0 Å². The minimum Gasteiger partial charge on any atom is -0.326 e. The molecule has 0 fully saturated rings. The molecule has 1 amide bonds. The molecule has 0 saturated carbocycles. The number of carbonyl (C=O) groups excluding carboxylic acids is 1. The Balaban J connectivity index is 1.40. The number of hydrogen-bond donors (Lipinski definition) is 1. The molecule has 0 saturated heterocycles. The summed E-state index contributed by atoms with van der Waals surface area (Å²) < 4.78 is 28.8. The average Bonchev–Trinajstić information content (AvgIpc) is 3.30. The summed E-state index contributed by atoms with van der Waals surface area (Å²) in [6.45, 7) is 0.282. The Hall–Kier alpha value is -3.01. The molecule has 154 valence electrons. The van der Waals surface area contributed by atoms with Gasteiger partial charge in [0.25, 0.3) is 0 Å². The van der Waals surface area contributed by atoms with E-state index in [1.807, 2.05) is 52.5 Å². The number of amides is 1. The Morgan fingerprint density at radius 1 is 1.13 bits per heavy atom. The fourth-order valence-corrected chi connectivity index (χ4v) is 4.92. The van der Waals surface area contributed by atoms with Crippen molar-refractivity contribution in [2.45, 2.75) is 17.9 Å². The van der Waals surface area contributed by atoms with Crippen molar-refractivity contribution in [3.05, 3.63) is 83.6 Å². The van der Waals surface area contributed by atoms with Crippen LogP contribution in [0.4, 0.5) is 5.69 Å². The number of carbonyl (C=O) groups is 1. The smallest absolute Gasteiger partial charge is 0.243 e. The molecule has 4 rings (SSSR count). The van der Waals surface area contributed by atoms with Crippen molar-refractivity contribution in [3.63, 3.8) is 0 Å². The van der Waals surface area contributed by atoms with Gasteiger partial charge in [-0.1, -0.05) is 30.3 Å². The van der Waals surface area contributed by atoms with Crippen molar-refractivity contribution in [1.82, 2.24) is 13.7 Å². The van der Waals surface area contributed by atoms with Gasteiger partial charge in [-0.05, 0) is 29.8 Å². The van der Waals surface area contributed by atoms with Crippen LogP contribution >= 0.6 is 11.3 Å². The lowest BCUT2D eigenvalue weighted by molar-refractivity contribution is -0.115. The molecule has 30 heavy (non-hydrogen) atoms. The SMILES string of the molecule is CN(Cc1ccccc1)S(=O)(=O)c1ccc(NC(=O)Cc2cn3ccsc3n2)cc1. The minimum absolute atomic E-state index is 0.147. The zero-order valence-electron chi connectivity index (χ0n) is 16.2. The summed E-state index contributed by atoms with van der Waals surface area (Å²) in [5, 5.41) is 4.71. The Morgan fingerprint density at radius 2 is 1.87 bits per heavy atom. The third-order valence-corrected chi connectivity index (χ3v) is 7.17. The highest BCUT2D eigenvalue weighted by Gasteiger charge is 2.21. The number of rotatable bonds is 7. The van der Waals surface area contributed by atoms with E-state index in [2.05, 4.69) is 10.3 Å². The molecule has 0 atom stereocenters. The second kappa shape index (κ2) is 8.39. The van der Waals surface area contributed by atoms with Crippen LogP contribution in [0.2, 0.25) is 0 Å². The maximum Gasteiger partial charge on any atom is 0.243 e. The molecule has 9 heteroatoms. The molecule has 2 aromatic carbocycles. The second-order valence-electron chi connectivity index (χ2n) is 6.82. The van der Waals surface area contributed by atoms with Crippen molar-refractivity contribution < 1.29 is 13.2 Å². The lowest BCUT2D eigenvalue weighted by Crippen LogP contribution is -2.26. The van der Waals surface area contributed by atoms with Gasteiger partial charge in [-0.2, -0.15) is 4.31 Å². The van der Waals surface area contributed by atoms with Gasteiger partial charge < -0.3 is 5.32 Å². The van der Waals surface area contributed by atoms with Crippen molar-refractivity contribution in [1.29, 1.82) is 0 Å². The number of thiazole rings is 1. The summed E-state index contributed by atoms with van der Waals surface area (Å²) in [6.07, 6.45) is 3.86. The summed E-state index contributed by atoms with van der Waals surface area (Å²) in [6, 6.07) is 15.6. The highest BCUT2D eigenvalue weighted by atomic mass is 32.2. The number of nitrogens with one attached hydrogen (secondary N) is 1. The van der Waals surface area contributed by atoms with Gasteiger partial charge in [-0.25, -0.2) is 13.4 Å². The summed E-state index contributed by atoms with van der Waals surface area (Å²) in [4.78, 5) is 17.7. The van der Waals surface area contributed by atoms with Crippen LogP contribution in [0.1, 0.15) is 11.3 Å². The lowest BCUT2D eigenvalue weighted by Gasteiger charge is -2.17. The van der Waals surface area contributed by atoms with E-state index in [1.54, 1.807) is 19.2 Å². The van der Waals surface area contributed by atoms with E-state index in [0.29, 0.717) is 11.4 Å². The number of imidazole rings is 1. The quantitative estimate of drug-likeness (QED) is 0.477. The van der Waals surface area contributed by atoms with Crippen molar-refractivity contribution in [2.24, 2.45) is 0 Å². The number of hydrogen-bond acceptors (Lipinski definition) is 5. The zero-order chi connectivity index (χ0) is 21.1. The summed E-state index contributed by atoms with van der Waals surface area (Å²) in [5.74, 6) is -0.211. The van der Waals surface area contributed by atoms with Gasteiger partial charge >= 0.3 is 0 Å². The molecule has 0 aliphatic carbocycles. The molecule has 0 bridgehead atoms. The molecule has 0 aliphatic rings. The molecule has 1 N–H and O–H groups in total. The number of anilines is 1. The topological polar surface area (TPSA) is 83.8 Å². The molecule has 0 aliphatic heterocycles. The van der Waals surface area contributed by atoms with E-state index in [1.165, 1.54) is 27.8 Å². The first-order valence-electron chi connectivity index (χ1n) is 9.23. The van der Waals surface area contributed by atoms with E-state index in [0.717, 1.165) is 10.5 Å². The fourth-order valence-electron chi connectivity index (χ4n) is 3.05. The van der Waals surface area contributed by atoms with Gasteiger partial charge in [-0.3, -0.25) is 9.20 Å². The van der Waals surface area contributed by atoms with Crippen LogP contribution in [-0.4, -0.2) is 35.1 Å². The van der Waals surface area contributed by atoms with Gasteiger partial charge in [0.1, 0.15) is 0 Å². The third-order valence-electron chi connectivity index (χ3n) is 4.58. The summed E-state index contributed by atoms with van der Waals surface area (Å²) in [5.41, 5.74) is 2.12. The Bertz CT molecular complexity index is 1230. The number of benzene rings is 2. The third kappa shape index (κ3) is 4.43. The van der Waals surface area contributed by atoms with Gasteiger partial charge in [0.2, 0.25) is 15.9 Å². The first-order valence-corrected chi connectivity index (χ1v) is 11.5. The first kappa shape index (κ1) is 20.3. The molecule has 0 radical (unpaired) electrons. The number of sulfonamides is 1. The number of nitrogens with zero attached hydrogens (tertiary/aromatic N) is 3. The first-order chi connectivity index (χ1) is 14.4. The summed E-state index contributed by atoms with van der Waals surface area (Å²) >= 11 is 1.50. The van der Waals surface area contributed by atoms with Gasteiger partial charge in [0.15, 0.2) is 4.96 Å². The van der Waals surface area contributed by atoms with Crippen LogP contribution in [0.3, 0.4) is 0 Å². The molecule has 0 unspecified atom stereocenters. The molecular weight excluding hydrogens is 420 g/mol.